The molecule has 1 aromatic heterocycles. The smallest absolute Gasteiger partial charge is 0.260 e. The zero-order valence-electron chi connectivity index (χ0n) is 22.8. The summed E-state index contributed by atoms with van der Waals surface area (Å²) in [4.78, 5) is 23.5. The molecule has 0 saturated carbocycles. The summed E-state index contributed by atoms with van der Waals surface area (Å²) in [6.45, 7) is 10.1. The number of thiazole rings is 1. The maximum absolute atomic E-state index is 13.7. The first-order chi connectivity index (χ1) is 17.4. The molecule has 0 aliphatic heterocycles. The third-order valence-corrected chi connectivity index (χ3v) is 9.37. The van der Waals surface area contributed by atoms with Crippen molar-refractivity contribution in [1.82, 2.24) is 14.2 Å². The highest BCUT2D eigenvalue weighted by Gasteiger charge is 2.27. The number of para-hydroxylation sites is 1. The fourth-order valence-electron chi connectivity index (χ4n) is 3.94. The Kier molecular flexibility index (Phi) is 10.2. The molecule has 0 N–H and O–H groups in total. The molecule has 0 aliphatic rings. The van der Waals surface area contributed by atoms with Crippen molar-refractivity contribution in [2.45, 2.75) is 37.5 Å². The van der Waals surface area contributed by atoms with Crippen molar-refractivity contribution in [2.75, 3.05) is 51.4 Å². The molecular formula is C27H38N4O3S3. The summed E-state index contributed by atoms with van der Waals surface area (Å²) in [6.07, 6.45) is 2.02. The number of amides is 1. The van der Waals surface area contributed by atoms with Crippen molar-refractivity contribution in [2.24, 2.45) is 11.8 Å². The molecule has 3 rings (SSSR count). The molecule has 0 unspecified atom stereocenters. The molecule has 0 spiro atoms. The second kappa shape index (κ2) is 12.7. The van der Waals surface area contributed by atoms with Crippen LogP contribution in [0.1, 0.15) is 38.1 Å². The maximum atomic E-state index is 13.7. The van der Waals surface area contributed by atoms with E-state index in [-0.39, 0.29) is 22.6 Å². The van der Waals surface area contributed by atoms with E-state index in [1.807, 2.05) is 71.1 Å². The van der Waals surface area contributed by atoms with E-state index in [1.54, 1.807) is 45.2 Å². The van der Waals surface area contributed by atoms with Gasteiger partial charge >= 0.3 is 0 Å². The van der Waals surface area contributed by atoms with Gasteiger partial charge in [0.2, 0.25) is 10.0 Å². The number of carbonyl (C=O) groups excluding carboxylic acids is 1. The number of nitrogens with zero attached hydrogens (tertiary/aromatic N) is 4. The van der Waals surface area contributed by atoms with E-state index < -0.39 is 10.0 Å². The lowest BCUT2D eigenvalue weighted by atomic mass is 10.2. The number of fused-ring (bicyclic) bond motifs is 1. The third kappa shape index (κ3) is 7.32. The van der Waals surface area contributed by atoms with Gasteiger partial charge in [0.15, 0.2) is 5.13 Å². The van der Waals surface area contributed by atoms with Crippen LogP contribution in [0.2, 0.25) is 0 Å². The minimum Gasteiger partial charge on any atom is -0.308 e. The van der Waals surface area contributed by atoms with Gasteiger partial charge in [-0.3, -0.25) is 9.69 Å². The molecule has 0 atom stereocenters. The van der Waals surface area contributed by atoms with Crippen molar-refractivity contribution in [1.29, 1.82) is 0 Å². The average molecular weight is 563 g/mol. The topological polar surface area (TPSA) is 73.8 Å². The monoisotopic (exact) mass is 562 g/mol. The summed E-state index contributed by atoms with van der Waals surface area (Å²) in [5.41, 5.74) is 1.33. The Balaban J connectivity index is 1.94. The van der Waals surface area contributed by atoms with Crippen LogP contribution in [0.3, 0.4) is 0 Å². The molecule has 2 aromatic carbocycles. The van der Waals surface area contributed by atoms with Gasteiger partial charge < -0.3 is 4.90 Å². The summed E-state index contributed by atoms with van der Waals surface area (Å²) in [5.74, 6) is 0.219. The molecule has 1 heterocycles. The number of hydrogen-bond acceptors (Lipinski definition) is 7. The van der Waals surface area contributed by atoms with Gasteiger partial charge in [-0.15, -0.1) is 11.8 Å². The zero-order valence-corrected chi connectivity index (χ0v) is 25.2. The fraction of sp³-hybridized carbons (Fsp3) is 0.481. The first-order valence-electron chi connectivity index (χ1n) is 12.4. The number of benzene rings is 2. The molecule has 0 saturated heterocycles. The number of hydrogen-bond donors (Lipinski definition) is 0. The SMILES string of the molecule is CSc1cccc2sc(N(CCN(C)C)C(=O)c3ccc(S(=O)(=O)N(CC(C)C)CC(C)C)cc3)nc12. The van der Waals surface area contributed by atoms with Gasteiger partial charge in [0, 0.05) is 36.6 Å². The molecule has 202 valence electrons. The third-order valence-electron chi connectivity index (χ3n) is 5.71. The van der Waals surface area contributed by atoms with E-state index in [1.165, 1.54) is 11.3 Å². The van der Waals surface area contributed by atoms with E-state index in [2.05, 4.69) is 0 Å². The Labute approximate surface area is 229 Å². The lowest BCUT2D eigenvalue weighted by Crippen LogP contribution is -2.37. The first kappa shape index (κ1) is 29.6. The molecule has 0 radical (unpaired) electrons. The molecule has 3 aromatic rings. The number of rotatable bonds is 12. The second-order valence-electron chi connectivity index (χ2n) is 10.2. The van der Waals surface area contributed by atoms with Crippen molar-refractivity contribution >= 4 is 54.4 Å². The van der Waals surface area contributed by atoms with Gasteiger partial charge in [-0.05, 0) is 68.6 Å². The first-order valence-corrected chi connectivity index (χ1v) is 15.9. The minimum atomic E-state index is -3.66. The second-order valence-corrected chi connectivity index (χ2v) is 14.0. The summed E-state index contributed by atoms with van der Waals surface area (Å²) >= 11 is 3.12. The zero-order chi connectivity index (χ0) is 27.3. The Hall–Kier alpha value is -1.98. The summed E-state index contributed by atoms with van der Waals surface area (Å²) in [5, 5.41) is 0.639. The normalized spacial score (nSPS) is 12.4. The van der Waals surface area contributed by atoms with Crippen LogP contribution in [-0.4, -0.2) is 75.0 Å². The molecule has 0 aliphatic carbocycles. The molecule has 10 heteroatoms. The number of carbonyl (C=O) groups is 1. The average Bonchev–Trinajstić information content (AvgIpc) is 3.27. The largest absolute Gasteiger partial charge is 0.308 e. The standard InChI is InChI=1S/C27H38N4O3S3/c1-19(2)17-30(18-20(3)4)37(33,34)22-13-11-21(12-14-22)26(32)31(16-15-29(5)6)27-28-25-23(35-7)9-8-10-24(25)36-27/h8-14,19-20H,15-18H2,1-7H3. The van der Waals surface area contributed by atoms with Crippen LogP contribution in [0.5, 0.6) is 0 Å². The van der Waals surface area contributed by atoms with E-state index in [0.29, 0.717) is 36.9 Å². The van der Waals surface area contributed by atoms with Crippen LogP contribution >= 0.6 is 23.1 Å². The van der Waals surface area contributed by atoms with Crippen LogP contribution in [0.4, 0.5) is 5.13 Å². The van der Waals surface area contributed by atoms with Crippen molar-refractivity contribution < 1.29 is 13.2 Å². The van der Waals surface area contributed by atoms with Crippen molar-refractivity contribution in [3.8, 4) is 0 Å². The molecular weight excluding hydrogens is 525 g/mol. The van der Waals surface area contributed by atoms with E-state index >= 15 is 0 Å². The van der Waals surface area contributed by atoms with Crippen LogP contribution in [0.15, 0.2) is 52.3 Å². The lowest BCUT2D eigenvalue weighted by molar-refractivity contribution is 0.0985. The van der Waals surface area contributed by atoms with Gasteiger partial charge in [-0.1, -0.05) is 45.1 Å². The van der Waals surface area contributed by atoms with Crippen molar-refractivity contribution in [3.05, 3.63) is 48.0 Å². The van der Waals surface area contributed by atoms with Crippen LogP contribution in [0, 0.1) is 11.8 Å². The molecule has 37 heavy (non-hydrogen) atoms. The predicted octanol–water partition coefficient (Wildman–Crippen LogP) is 5.53. The van der Waals surface area contributed by atoms with Gasteiger partial charge in [-0.25, -0.2) is 13.4 Å². The quantitative estimate of drug-likeness (QED) is 0.270. The summed E-state index contributed by atoms with van der Waals surface area (Å²) in [6, 6.07) is 12.4. The Morgan fingerprint density at radius 2 is 1.59 bits per heavy atom. The van der Waals surface area contributed by atoms with Gasteiger partial charge in [-0.2, -0.15) is 4.31 Å². The van der Waals surface area contributed by atoms with E-state index in [0.717, 1.165) is 15.1 Å². The maximum Gasteiger partial charge on any atom is 0.260 e. The van der Waals surface area contributed by atoms with E-state index in [4.69, 9.17) is 4.98 Å². The van der Waals surface area contributed by atoms with Gasteiger partial charge in [0.1, 0.15) is 0 Å². The van der Waals surface area contributed by atoms with Crippen molar-refractivity contribution in [3.63, 3.8) is 0 Å². The Bertz CT molecular complexity index is 1290. The van der Waals surface area contributed by atoms with E-state index in [9.17, 15) is 13.2 Å². The number of sulfonamides is 1. The molecule has 0 fully saturated rings. The van der Waals surface area contributed by atoms with Crippen LogP contribution < -0.4 is 4.90 Å². The van der Waals surface area contributed by atoms with Gasteiger partial charge in [0.05, 0.1) is 15.1 Å². The fourth-order valence-corrected chi connectivity index (χ4v) is 7.35. The highest BCUT2D eigenvalue weighted by molar-refractivity contribution is 7.98. The van der Waals surface area contributed by atoms with Crippen LogP contribution in [0.25, 0.3) is 10.2 Å². The summed E-state index contributed by atoms with van der Waals surface area (Å²) < 4.78 is 29.4. The number of likely N-dealkylation sites (N-methyl/N-ethyl adjacent to an activating group) is 1. The predicted molar refractivity (Wildman–Crippen MR) is 157 cm³/mol. The Morgan fingerprint density at radius 3 is 2.14 bits per heavy atom. The highest BCUT2D eigenvalue weighted by Crippen LogP contribution is 2.34. The lowest BCUT2D eigenvalue weighted by Gasteiger charge is -2.26. The number of thioether (sulfide) groups is 1. The summed E-state index contributed by atoms with van der Waals surface area (Å²) in [7, 11) is 0.266. The number of anilines is 1. The Morgan fingerprint density at radius 1 is 0.973 bits per heavy atom. The molecule has 1 amide bonds. The highest BCUT2D eigenvalue weighted by atomic mass is 32.2. The number of aromatic nitrogens is 1. The van der Waals surface area contributed by atoms with Crippen LogP contribution in [-0.2, 0) is 10.0 Å². The van der Waals surface area contributed by atoms with Gasteiger partial charge in [0.25, 0.3) is 5.91 Å². The molecule has 7 nitrogen and oxygen atoms in total. The molecule has 0 bridgehead atoms. The minimum absolute atomic E-state index is 0.197.